The first-order chi connectivity index (χ1) is 15.2. The van der Waals surface area contributed by atoms with Crippen molar-refractivity contribution in [3.8, 4) is 0 Å². The molecule has 0 aromatic carbocycles. The third kappa shape index (κ3) is 5.39. The van der Waals surface area contributed by atoms with Crippen molar-refractivity contribution in [2.24, 2.45) is 15.3 Å². The standard InChI is InChI=1S/C21H27N6O4P/c1-25(2)22-13-16-7-10-19(29-16)32(28,20-11-8-17(30-20)14-23-26(3)4)21-12-9-18(31-21)15-24-27(5)6/h7-15H,1-6H3/b22-13-,23-14-,24-15-. The molecule has 0 bridgehead atoms. The van der Waals surface area contributed by atoms with Crippen molar-refractivity contribution in [2.75, 3.05) is 42.3 Å². The van der Waals surface area contributed by atoms with E-state index < -0.39 is 7.14 Å². The van der Waals surface area contributed by atoms with E-state index in [1.165, 1.54) is 0 Å². The Morgan fingerprint density at radius 1 is 0.594 bits per heavy atom. The van der Waals surface area contributed by atoms with Crippen LogP contribution in [0.25, 0.3) is 0 Å². The van der Waals surface area contributed by atoms with E-state index in [1.54, 1.807) is 112 Å². The highest BCUT2D eigenvalue weighted by molar-refractivity contribution is 7.84. The lowest BCUT2D eigenvalue weighted by atomic mass is 10.5. The van der Waals surface area contributed by atoms with Crippen molar-refractivity contribution < 1.29 is 17.8 Å². The van der Waals surface area contributed by atoms with Crippen LogP contribution in [-0.4, -0.2) is 76.0 Å². The Labute approximate surface area is 186 Å². The van der Waals surface area contributed by atoms with Crippen molar-refractivity contribution in [2.45, 2.75) is 0 Å². The first-order valence-electron chi connectivity index (χ1n) is 9.73. The van der Waals surface area contributed by atoms with Gasteiger partial charge in [-0.2, -0.15) is 15.3 Å². The van der Waals surface area contributed by atoms with Gasteiger partial charge in [0.1, 0.15) is 17.3 Å². The second-order valence-corrected chi connectivity index (χ2v) is 9.95. The van der Waals surface area contributed by atoms with Crippen LogP contribution in [0.15, 0.2) is 65.0 Å². The third-order valence-corrected chi connectivity index (χ3v) is 6.60. The number of rotatable bonds is 9. The van der Waals surface area contributed by atoms with E-state index in [-0.39, 0.29) is 16.5 Å². The van der Waals surface area contributed by atoms with Gasteiger partial charge in [-0.25, -0.2) is 0 Å². The van der Waals surface area contributed by atoms with E-state index >= 15 is 0 Å². The number of nitrogens with zero attached hydrogens (tertiary/aromatic N) is 6. The summed E-state index contributed by atoms with van der Waals surface area (Å²) in [6.07, 6.45) is 4.63. The molecule has 0 atom stereocenters. The lowest BCUT2D eigenvalue weighted by Gasteiger charge is -2.11. The van der Waals surface area contributed by atoms with Crippen LogP contribution in [0.1, 0.15) is 17.3 Å². The Bertz CT molecular complexity index is 1030. The molecule has 0 spiro atoms. The molecule has 0 saturated carbocycles. The summed E-state index contributed by atoms with van der Waals surface area (Å²) in [7, 11) is 7.20. The summed E-state index contributed by atoms with van der Waals surface area (Å²) in [6.45, 7) is 0. The topological polar surface area (TPSA) is 103 Å². The van der Waals surface area contributed by atoms with E-state index in [0.717, 1.165) is 0 Å². The molecular weight excluding hydrogens is 431 g/mol. The van der Waals surface area contributed by atoms with Crippen LogP contribution in [0, 0.1) is 0 Å². The Morgan fingerprint density at radius 3 is 1.12 bits per heavy atom. The maximum absolute atomic E-state index is 14.4. The van der Waals surface area contributed by atoms with E-state index in [9.17, 15) is 4.57 Å². The van der Waals surface area contributed by atoms with Gasteiger partial charge in [-0.15, -0.1) is 0 Å². The quantitative estimate of drug-likeness (QED) is 0.274. The highest BCUT2D eigenvalue weighted by Gasteiger charge is 2.39. The molecule has 3 aromatic heterocycles. The van der Waals surface area contributed by atoms with Gasteiger partial charge < -0.3 is 28.3 Å². The lowest BCUT2D eigenvalue weighted by molar-refractivity contribution is 0.438. The number of furan rings is 3. The molecular formula is C21H27N6O4P. The fourth-order valence-corrected chi connectivity index (χ4v) is 4.79. The summed E-state index contributed by atoms with van der Waals surface area (Å²) in [5.41, 5.74) is 0.649. The summed E-state index contributed by atoms with van der Waals surface area (Å²) in [4.78, 5) is 0. The summed E-state index contributed by atoms with van der Waals surface area (Å²) >= 11 is 0. The molecule has 0 aliphatic rings. The predicted octanol–water partition coefficient (Wildman–Crippen LogP) is 1.79. The van der Waals surface area contributed by atoms with Gasteiger partial charge in [0.15, 0.2) is 16.5 Å². The SMILES string of the molecule is CN(C)/N=C\c1ccc(P(=O)(c2ccc(/C=N\N(C)C)o2)c2ccc(/C=N\N(C)C)o2)o1. The lowest BCUT2D eigenvalue weighted by Crippen LogP contribution is -2.22. The first kappa shape index (κ1) is 23.1. The fraction of sp³-hybridized carbons (Fsp3) is 0.286. The maximum atomic E-state index is 14.4. The molecule has 0 amide bonds. The number of hydrazone groups is 3. The molecule has 3 aromatic rings. The predicted molar refractivity (Wildman–Crippen MR) is 126 cm³/mol. The van der Waals surface area contributed by atoms with Crippen molar-refractivity contribution in [3.63, 3.8) is 0 Å². The van der Waals surface area contributed by atoms with Crippen molar-refractivity contribution in [1.82, 2.24) is 15.0 Å². The molecule has 0 aliphatic carbocycles. The normalized spacial score (nSPS) is 12.4. The Morgan fingerprint density at radius 2 is 0.875 bits per heavy atom. The van der Waals surface area contributed by atoms with Crippen LogP contribution in [0.4, 0.5) is 0 Å². The van der Waals surface area contributed by atoms with Gasteiger partial charge in [-0.1, -0.05) is 0 Å². The van der Waals surface area contributed by atoms with Crippen LogP contribution in [0.3, 0.4) is 0 Å². The van der Waals surface area contributed by atoms with Gasteiger partial charge in [-0.3, -0.25) is 4.57 Å². The van der Waals surface area contributed by atoms with E-state index in [0.29, 0.717) is 17.3 Å². The minimum Gasteiger partial charge on any atom is -0.451 e. The number of hydrogen-bond acceptors (Lipinski definition) is 10. The smallest absolute Gasteiger partial charge is 0.271 e. The third-order valence-electron chi connectivity index (χ3n) is 4.02. The fourth-order valence-electron chi connectivity index (χ4n) is 2.59. The monoisotopic (exact) mass is 458 g/mol. The minimum absolute atomic E-state index is 0.216. The molecule has 0 unspecified atom stereocenters. The molecule has 0 aliphatic heterocycles. The van der Waals surface area contributed by atoms with Gasteiger partial charge in [0.05, 0.1) is 18.6 Å². The van der Waals surface area contributed by atoms with E-state index in [1.807, 2.05) is 0 Å². The first-order valence-corrected chi connectivity index (χ1v) is 11.4. The highest BCUT2D eigenvalue weighted by atomic mass is 31.2. The average molecular weight is 458 g/mol. The van der Waals surface area contributed by atoms with Gasteiger partial charge in [-0.05, 0) is 36.4 Å². The zero-order chi connectivity index (χ0) is 23.3. The second kappa shape index (κ2) is 9.74. The molecule has 32 heavy (non-hydrogen) atoms. The zero-order valence-corrected chi connectivity index (χ0v) is 19.9. The molecule has 0 radical (unpaired) electrons. The van der Waals surface area contributed by atoms with Crippen LogP contribution >= 0.6 is 7.14 Å². The number of hydrogen-bond donors (Lipinski definition) is 0. The van der Waals surface area contributed by atoms with Gasteiger partial charge >= 0.3 is 0 Å². The van der Waals surface area contributed by atoms with Crippen molar-refractivity contribution in [1.29, 1.82) is 0 Å². The maximum Gasteiger partial charge on any atom is 0.271 e. The Kier molecular flexibility index (Phi) is 7.05. The van der Waals surface area contributed by atoms with Gasteiger partial charge in [0.2, 0.25) is 0 Å². The molecule has 11 heteroatoms. The van der Waals surface area contributed by atoms with Gasteiger partial charge in [0, 0.05) is 42.3 Å². The minimum atomic E-state index is -3.58. The highest BCUT2D eigenvalue weighted by Crippen LogP contribution is 2.43. The molecule has 0 fully saturated rings. The van der Waals surface area contributed by atoms with Crippen LogP contribution < -0.4 is 16.5 Å². The van der Waals surface area contributed by atoms with Crippen LogP contribution in [0.2, 0.25) is 0 Å². The molecule has 0 N–H and O–H groups in total. The summed E-state index contributed by atoms with van der Waals surface area (Å²) in [6, 6.07) is 10.0. The van der Waals surface area contributed by atoms with Crippen molar-refractivity contribution >= 4 is 42.3 Å². The summed E-state index contributed by atoms with van der Waals surface area (Å²) in [5.74, 6) is 1.36. The van der Waals surface area contributed by atoms with Crippen LogP contribution in [0.5, 0.6) is 0 Å². The average Bonchev–Trinajstić information content (AvgIpc) is 3.49. The Balaban J connectivity index is 2.07. The molecule has 3 heterocycles. The molecule has 170 valence electrons. The van der Waals surface area contributed by atoms with Crippen molar-refractivity contribution in [3.05, 3.63) is 53.7 Å². The molecule has 0 saturated heterocycles. The van der Waals surface area contributed by atoms with E-state index in [2.05, 4.69) is 15.3 Å². The van der Waals surface area contributed by atoms with Crippen LogP contribution in [-0.2, 0) is 4.57 Å². The summed E-state index contributed by atoms with van der Waals surface area (Å²) in [5, 5.41) is 17.4. The largest absolute Gasteiger partial charge is 0.451 e. The molecule has 10 nitrogen and oxygen atoms in total. The van der Waals surface area contributed by atoms with Gasteiger partial charge in [0.25, 0.3) is 7.14 Å². The zero-order valence-electron chi connectivity index (χ0n) is 19.0. The van der Waals surface area contributed by atoms with E-state index in [4.69, 9.17) is 13.3 Å². The Hall–Kier alpha value is -3.52. The summed E-state index contributed by atoms with van der Waals surface area (Å²) < 4.78 is 32.1. The molecule has 3 rings (SSSR count). The second-order valence-electron chi connectivity index (χ2n) is 7.41.